The summed E-state index contributed by atoms with van der Waals surface area (Å²) in [7, 11) is 0. The molecule has 9 nitrogen and oxygen atoms in total. The molecule has 2 aromatic rings. The smallest absolute Gasteiger partial charge is 0.384 e. The predicted octanol–water partition coefficient (Wildman–Crippen LogP) is 3.82. The topological polar surface area (TPSA) is 110 Å². The van der Waals surface area contributed by atoms with Gasteiger partial charge in [-0.3, -0.25) is 29.4 Å². The van der Waals surface area contributed by atoms with E-state index in [0.29, 0.717) is 68.7 Å². The highest BCUT2D eigenvalue weighted by atomic mass is 19.4. The molecule has 12 heteroatoms. The van der Waals surface area contributed by atoms with Crippen LogP contribution in [0.3, 0.4) is 0 Å². The second-order valence-electron chi connectivity index (χ2n) is 13.5. The molecule has 4 amide bonds. The van der Waals surface area contributed by atoms with Crippen LogP contribution in [0.25, 0.3) is 0 Å². The van der Waals surface area contributed by atoms with Crippen LogP contribution in [0.15, 0.2) is 42.5 Å². The normalized spacial score (nSPS) is 25.3. The Labute approximate surface area is 265 Å². The number of likely N-dealkylation sites (tertiary alicyclic amines) is 2. The second-order valence-corrected chi connectivity index (χ2v) is 13.5. The summed E-state index contributed by atoms with van der Waals surface area (Å²) in [5.41, 5.74) is -0.0812. The maximum atomic E-state index is 13.3. The minimum absolute atomic E-state index is 0.0559. The van der Waals surface area contributed by atoms with Crippen molar-refractivity contribution in [2.24, 2.45) is 11.3 Å². The number of imide groups is 1. The monoisotopic (exact) mass is 640 g/mol. The van der Waals surface area contributed by atoms with Gasteiger partial charge in [-0.25, -0.2) is 0 Å². The lowest BCUT2D eigenvalue weighted by atomic mass is 9.59. The molecule has 6 rings (SSSR count). The van der Waals surface area contributed by atoms with Gasteiger partial charge in [0.15, 0.2) is 0 Å². The molecule has 246 valence electrons. The van der Waals surface area contributed by atoms with Crippen molar-refractivity contribution in [2.45, 2.75) is 76.9 Å². The SMILES string of the molecule is CC(C)C(=O)N1CCC2(CC1)CN(Cc1ccc(C(F)(F)F)cc1)CCC2(O)c1ccc2c(c1)CN(C1CCC(=O)NC1=O)C2=O. The van der Waals surface area contributed by atoms with E-state index < -0.39 is 34.7 Å². The number of hydrogen-bond donors (Lipinski definition) is 2. The number of carbonyl (C=O) groups is 4. The molecule has 2 N–H and O–H groups in total. The third-order valence-electron chi connectivity index (χ3n) is 10.4. The Hall–Kier alpha value is -3.77. The number of amides is 4. The summed E-state index contributed by atoms with van der Waals surface area (Å²) in [5.74, 6) is -1.23. The Kier molecular flexibility index (Phi) is 8.25. The number of nitrogens with zero attached hydrogens (tertiary/aromatic N) is 3. The minimum atomic E-state index is -4.41. The molecule has 2 unspecified atom stereocenters. The molecule has 3 saturated heterocycles. The first kappa shape index (κ1) is 32.2. The third-order valence-corrected chi connectivity index (χ3v) is 10.4. The van der Waals surface area contributed by atoms with Gasteiger partial charge < -0.3 is 14.9 Å². The molecule has 2 aromatic carbocycles. The van der Waals surface area contributed by atoms with Gasteiger partial charge in [0, 0.05) is 62.6 Å². The van der Waals surface area contributed by atoms with Crippen LogP contribution in [0.4, 0.5) is 13.2 Å². The van der Waals surface area contributed by atoms with E-state index in [9.17, 15) is 37.5 Å². The van der Waals surface area contributed by atoms with E-state index in [2.05, 4.69) is 10.2 Å². The molecule has 3 fully saturated rings. The standard InChI is InChI=1S/C34H39F3N4O5/c1-21(2)30(44)40-15-11-32(12-16-40)20-39(18-22-3-5-24(6-4-22)34(35,36)37)14-13-33(32,46)25-7-8-26-23(17-25)19-41(31(26)45)27-9-10-28(42)38-29(27)43/h3-8,17,21,27,46H,9-16,18-20H2,1-2H3,(H,38,42,43). The molecule has 4 aliphatic rings. The number of piperidine rings is 3. The largest absolute Gasteiger partial charge is 0.416 e. The summed E-state index contributed by atoms with van der Waals surface area (Å²) in [6.07, 6.45) is -2.58. The Morgan fingerprint density at radius 3 is 2.35 bits per heavy atom. The number of carbonyl (C=O) groups excluding carboxylic acids is 4. The van der Waals surface area contributed by atoms with Gasteiger partial charge in [0.05, 0.1) is 11.2 Å². The lowest BCUT2D eigenvalue weighted by Crippen LogP contribution is -2.62. The predicted molar refractivity (Wildman–Crippen MR) is 161 cm³/mol. The van der Waals surface area contributed by atoms with Crippen LogP contribution in [0.1, 0.15) is 78.6 Å². The molecule has 0 bridgehead atoms. The molecule has 0 saturated carbocycles. The fourth-order valence-electron chi connectivity index (χ4n) is 7.79. The minimum Gasteiger partial charge on any atom is -0.384 e. The van der Waals surface area contributed by atoms with Crippen molar-refractivity contribution in [3.63, 3.8) is 0 Å². The number of fused-ring (bicyclic) bond motifs is 1. The summed E-state index contributed by atoms with van der Waals surface area (Å²) in [5, 5.41) is 15.0. The summed E-state index contributed by atoms with van der Waals surface area (Å²) < 4.78 is 39.4. The Morgan fingerprint density at radius 1 is 1.02 bits per heavy atom. The molecule has 4 heterocycles. The number of benzene rings is 2. The number of nitrogens with one attached hydrogen (secondary N) is 1. The first-order valence-electron chi connectivity index (χ1n) is 15.9. The van der Waals surface area contributed by atoms with Gasteiger partial charge in [-0.05, 0) is 60.6 Å². The van der Waals surface area contributed by atoms with Crippen molar-refractivity contribution >= 4 is 23.6 Å². The maximum absolute atomic E-state index is 13.3. The van der Waals surface area contributed by atoms with Gasteiger partial charge in [-0.2, -0.15) is 13.2 Å². The number of halogens is 3. The fraction of sp³-hybridized carbons (Fsp3) is 0.529. The van der Waals surface area contributed by atoms with Crippen LogP contribution in [0.5, 0.6) is 0 Å². The molecule has 0 aliphatic carbocycles. The van der Waals surface area contributed by atoms with Gasteiger partial charge in [-0.15, -0.1) is 0 Å². The molecule has 4 aliphatic heterocycles. The highest BCUT2D eigenvalue weighted by molar-refractivity contribution is 6.05. The van der Waals surface area contributed by atoms with E-state index in [1.807, 2.05) is 24.8 Å². The van der Waals surface area contributed by atoms with Crippen molar-refractivity contribution in [3.8, 4) is 0 Å². The maximum Gasteiger partial charge on any atom is 0.416 e. The van der Waals surface area contributed by atoms with Crippen LogP contribution in [0, 0.1) is 11.3 Å². The quantitative estimate of drug-likeness (QED) is 0.481. The van der Waals surface area contributed by atoms with Gasteiger partial charge in [0.2, 0.25) is 17.7 Å². The molecule has 46 heavy (non-hydrogen) atoms. The van der Waals surface area contributed by atoms with E-state index >= 15 is 0 Å². The van der Waals surface area contributed by atoms with E-state index in [1.54, 1.807) is 12.1 Å². The van der Waals surface area contributed by atoms with Crippen LogP contribution in [-0.4, -0.2) is 75.7 Å². The zero-order valence-electron chi connectivity index (χ0n) is 26.0. The van der Waals surface area contributed by atoms with Gasteiger partial charge in [0.1, 0.15) is 6.04 Å². The van der Waals surface area contributed by atoms with Crippen molar-refractivity contribution < 1.29 is 37.5 Å². The van der Waals surface area contributed by atoms with Gasteiger partial charge >= 0.3 is 6.18 Å². The highest BCUT2D eigenvalue weighted by Crippen LogP contribution is 2.53. The molecular weight excluding hydrogens is 601 g/mol. The summed E-state index contributed by atoms with van der Waals surface area (Å²) in [4.78, 5) is 55.9. The highest BCUT2D eigenvalue weighted by Gasteiger charge is 2.56. The average molecular weight is 641 g/mol. The number of hydrogen-bond acceptors (Lipinski definition) is 6. The summed E-state index contributed by atoms with van der Waals surface area (Å²) in [6.45, 7) is 6.25. The van der Waals surface area contributed by atoms with Gasteiger partial charge in [-0.1, -0.05) is 38.1 Å². The van der Waals surface area contributed by atoms with E-state index in [-0.39, 0.29) is 43.0 Å². The third kappa shape index (κ3) is 5.70. The zero-order valence-corrected chi connectivity index (χ0v) is 26.0. The first-order valence-corrected chi connectivity index (χ1v) is 15.9. The fourth-order valence-corrected chi connectivity index (χ4v) is 7.79. The molecule has 1 spiro atoms. The molecule has 2 atom stereocenters. The molecular formula is C34H39F3N4O5. The summed E-state index contributed by atoms with van der Waals surface area (Å²) in [6, 6.07) is 9.76. The van der Waals surface area contributed by atoms with Crippen LogP contribution >= 0.6 is 0 Å². The van der Waals surface area contributed by atoms with Crippen LogP contribution in [0.2, 0.25) is 0 Å². The van der Waals surface area contributed by atoms with E-state index in [0.717, 1.165) is 17.7 Å². The average Bonchev–Trinajstić information content (AvgIpc) is 3.34. The van der Waals surface area contributed by atoms with Crippen LogP contribution < -0.4 is 5.32 Å². The van der Waals surface area contributed by atoms with Crippen LogP contribution in [-0.2, 0) is 39.3 Å². The second kappa shape index (κ2) is 11.8. The number of rotatable bonds is 5. The summed E-state index contributed by atoms with van der Waals surface area (Å²) >= 11 is 0. The number of aliphatic hydroxyl groups is 1. The van der Waals surface area contributed by atoms with Crippen molar-refractivity contribution in [2.75, 3.05) is 26.2 Å². The Bertz CT molecular complexity index is 1550. The Morgan fingerprint density at radius 2 is 1.72 bits per heavy atom. The van der Waals surface area contributed by atoms with Crippen molar-refractivity contribution in [3.05, 3.63) is 70.3 Å². The molecule has 0 radical (unpaired) electrons. The van der Waals surface area contributed by atoms with E-state index in [1.165, 1.54) is 17.0 Å². The zero-order chi connectivity index (χ0) is 33.0. The van der Waals surface area contributed by atoms with Gasteiger partial charge in [0.25, 0.3) is 5.91 Å². The number of alkyl halides is 3. The lowest BCUT2D eigenvalue weighted by molar-refractivity contribution is -0.171. The molecule has 0 aromatic heterocycles. The van der Waals surface area contributed by atoms with Crippen molar-refractivity contribution in [1.29, 1.82) is 0 Å². The lowest BCUT2D eigenvalue weighted by Gasteiger charge is -2.57. The first-order chi connectivity index (χ1) is 21.7. The van der Waals surface area contributed by atoms with Crippen molar-refractivity contribution in [1.82, 2.24) is 20.0 Å². The van der Waals surface area contributed by atoms with E-state index in [4.69, 9.17) is 0 Å². The Balaban J connectivity index is 1.27.